The van der Waals surface area contributed by atoms with Gasteiger partial charge in [-0.25, -0.2) is 9.50 Å². The van der Waals surface area contributed by atoms with E-state index in [0.29, 0.717) is 5.15 Å². The normalized spacial score (nSPS) is 11.0. The Labute approximate surface area is 110 Å². The lowest BCUT2D eigenvalue weighted by Crippen LogP contribution is -1.88. The second-order valence-electron chi connectivity index (χ2n) is 4.13. The van der Waals surface area contributed by atoms with Gasteiger partial charge in [-0.05, 0) is 18.1 Å². The highest BCUT2D eigenvalue weighted by molar-refractivity contribution is 6.32. The monoisotopic (exact) mass is 257 g/mol. The van der Waals surface area contributed by atoms with Gasteiger partial charge in [-0.1, -0.05) is 42.8 Å². The van der Waals surface area contributed by atoms with Gasteiger partial charge in [-0.2, -0.15) is 5.10 Å². The SMILES string of the molecule is CCc1ccc(-c2cc3c(Cl)nccn3n2)cc1. The Morgan fingerprint density at radius 3 is 2.67 bits per heavy atom. The van der Waals surface area contributed by atoms with E-state index < -0.39 is 0 Å². The lowest BCUT2D eigenvalue weighted by molar-refractivity contribution is 0.950. The summed E-state index contributed by atoms with van der Waals surface area (Å²) < 4.78 is 1.75. The highest BCUT2D eigenvalue weighted by atomic mass is 35.5. The van der Waals surface area contributed by atoms with Gasteiger partial charge >= 0.3 is 0 Å². The smallest absolute Gasteiger partial charge is 0.154 e. The molecule has 18 heavy (non-hydrogen) atoms. The van der Waals surface area contributed by atoms with Crippen LogP contribution in [-0.2, 0) is 6.42 Å². The predicted molar refractivity (Wildman–Crippen MR) is 72.8 cm³/mol. The Bertz CT molecular complexity index is 686. The lowest BCUT2D eigenvalue weighted by atomic mass is 10.1. The lowest BCUT2D eigenvalue weighted by Gasteiger charge is -1.98. The molecule has 0 aliphatic heterocycles. The zero-order chi connectivity index (χ0) is 12.5. The molecule has 0 saturated heterocycles. The summed E-state index contributed by atoms with van der Waals surface area (Å²) in [5.41, 5.74) is 4.15. The van der Waals surface area contributed by atoms with Crippen molar-refractivity contribution >= 4 is 17.1 Å². The number of hydrogen-bond acceptors (Lipinski definition) is 2. The number of nitrogens with zero attached hydrogens (tertiary/aromatic N) is 3. The summed E-state index contributed by atoms with van der Waals surface area (Å²) in [6.45, 7) is 2.14. The molecular weight excluding hydrogens is 246 g/mol. The topological polar surface area (TPSA) is 30.2 Å². The van der Waals surface area contributed by atoms with E-state index in [0.717, 1.165) is 23.2 Å². The Morgan fingerprint density at radius 2 is 2.00 bits per heavy atom. The van der Waals surface area contributed by atoms with Crippen LogP contribution in [0.1, 0.15) is 12.5 Å². The molecule has 0 spiro atoms. The molecule has 3 rings (SSSR count). The molecule has 0 N–H and O–H groups in total. The summed E-state index contributed by atoms with van der Waals surface area (Å²) in [5, 5.41) is 4.97. The molecule has 90 valence electrons. The summed E-state index contributed by atoms with van der Waals surface area (Å²) in [5.74, 6) is 0. The zero-order valence-electron chi connectivity index (χ0n) is 9.97. The maximum Gasteiger partial charge on any atom is 0.154 e. The molecular formula is C14H12ClN3. The molecule has 4 heteroatoms. The van der Waals surface area contributed by atoms with E-state index in [4.69, 9.17) is 11.6 Å². The third-order valence-electron chi connectivity index (χ3n) is 3.00. The molecule has 0 saturated carbocycles. The summed E-state index contributed by atoms with van der Waals surface area (Å²) in [7, 11) is 0. The quantitative estimate of drug-likeness (QED) is 0.702. The van der Waals surface area contributed by atoms with Crippen molar-refractivity contribution in [1.82, 2.24) is 14.6 Å². The molecule has 0 unspecified atom stereocenters. The Hall–Kier alpha value is -1.87. The van der Waals surface area contributed by atoms with Crippen LogP contribution in [0.3, 0.4) is 0 Å². The molecule has 3 nitrogen and oxygen atoms in total. The number of rotatable bonds is 2. The zero-order valence-corrected chi connectivity index (χ0v) is 10.7. The Kier molecular flexibility index (Phi) is 2.76. The van der Waals surface area contributed by atoms with Gasteiger partial charge < -0.3 is 0 Å². The molecule has 3 aromatic rings. The van der Waals surface area contributed by atoms with Crippen molar-refractivity contribution in [2.75, 3.05) is 0 Å². The fourth-order valence-corrected chi connectivity index (χ4v) is 2.14. The summed E-state index contributed by atoms with van der Waals surface area (Å²) in [4.78, 5) is 4.05. The highest BCUT2D eigenvalue weighted by Gasteiger charge is 2.07. The van der Waals surface area contributed by atoms with Crippen molar-refractivity contribution in [3.8, 4) is 11.3 Å². The van der Waals surface area contributed by atoms with Crippen LogP contribution >= 0.6 is 11.6 Å². The standard InChI is InChI=1S/C14H12ClN3/c1-2-10-3-5-11(6-4-10)12-9-13-14(15)16-7-8-18(13)17-12/h3-9H,2H2,1H3. The van der Waals surface area contributed by atoms with Crippen LogP contribution in [0.2, 0.25) is 5.15 Å². The van der Waals surface area contributed by atoms with Gasteiger partial charge in [-0.3, -0.25) is 0 Å². The molecule has 2 aromatic heterocycles. The summed E-state index contributed by atoms with van der Waals surface area (Å²) >= 11 is 6.03. The van der Waals surface area contributed by atoms with Gasteiger partial charge in [0, 0.05) is 18.0 Å². The van der Waals surface area contributed by atoms with E-state index >= 15 is 0 Å². The number of fused-ring (bicyclic) bond motifs is 1. The highest BCUT2D eigenvalue weighted by Crippen LogP contribution is 2.23. The average Bonchev–Trinajstić information content (AvgIpc) is 2.84. The van der Waals surface area contributed by atoms with Crippen molar-refractivity contribution in [2.45, 2.75) is 13.3 Å². The van der Waals surface area contributed by atoms with Crippen LogP contribution in [0.15, 0.2) is 42.7 Å². The molecule has 0 radical (unpaired) electrons. The number of halogens is 1. The van der Waals surface area contributed by atoms with E-state index in [1.165, 1.54) is 5.56 Å². The van der Waals surface area contributed by atoms with Crippen molar-refractivity contribution < 1.29 is 0 Å². The molecule has 0 aliphatic rings. The Morgan fingerprint density at radius 1 is 1.22 bits per heavy atom. The number of benzene rings is 1. The largest absolute Gasteiger partial charge is 0.241 e. The predicted octanol–water partition coefficient (Wildman–Crippen LogP) is 3.61. The number of hydrogen-bond donors (Lipinski definition) is 0. The van der Waals surface area contributed by atoms with Crippen LogP contribution in [0.25, 0.3) is 16.8 Å². The van der Waals surface area contributed by atoms with E-state index in [-0.39, 0.29) is 0 Å². The first-order valence-corrected chi connectivity index (χ1v) is 6.25. The van der Waals surface area contributed by atoms with Crippen molar-refractivity contribution in [2.24, 2.45) is 0 Å². The molecule has 2 heterocycles. The van der Waals surface area contributed by atoms with Gasteiger partial charge in [0.2, 0.25) is 0 Å². The minimum absolute atomic E-state index is 0.474. The average molecular weight is 258 g/mol. The van der Waals surface area contributed by atoms with Crippen LogP contribution in [0, 0.1) is 0 Å². The minimum Gasteiger partial charge on any atom is -0.241 e. The van der Waals surface area contributed by atoms with Crippen molar-refractivity contribution in [1.29, 1.82) is 0 Å². The van der Waals surface area contributed by atoms with E-state index in [1.54, 1.807) is 16.9 Å². The molecule has 0 bridgehead atoms. The first-order chi connectivity index (χ1) is 8.78. The van der Waals surface area contributed by atoms with Gasteiger partial charge in [0.15, 0.2) is 5.15 Å². The molecule has 0 atom stereocenters. The third-order valence-corrected chi connectivity index (χ3v) is 3.29. The van der Waals surface area contributed by atoms with Crippen molar-refractivity contribution in [3.05, 3.63) is 53.4 Å². The van der Waals surface area contributed by atoms with Crippen molar-refractivity contribution in [3.63, 3.8) is 0 Å². The molecule has 1 aromatic carbocycles. The first kappa shape index (κ1) is 11.2. The first-order valence-electron chi connectivity index (χ1n) is 5.87. The van der Waals surface area contributed by atoms with Crippen LogP contribution in [0.4, 0.5) is 0 Å². The third kappa shape index (κ3) is 1.87. The van der Waals surface area contributed by atoms with Gasteiger partial charge in [0.1, 0.15) is 5.52 Å². The van der Waals surface area contributed by atoms with E-state index in [9.17, 15) is 0 Å². The van der Waals surface area contributed by atoms with Crippen LogP contribution in [-0.4, -0.2) is 14.6 Å². The maximum absolute atomic E-state index is 6.03. The fourth-order valence-electron chi connectivity index (χ4n) is 1.94. The van der Waals surface area contributed by atoms with Crippen LogP contribution < -0.4 is 0 Å². The van der Waals surface area contributed by atoms with E-state index in [1.807, 2.05) is 6.07 Å². The van der Waals surface area contributed by atoms with Gasteiger partial charge in [-0.15, -0.1) is 0 Å². The molecule has 0 aliphatic carbocycles. The summed E-state index contributed by atoms with van der Waals surface area (Å²) in [6, 6.07) is 10.4. The van der Waals surface area contributed by atoms with Gasteiger partial charge in [0.25, 0.3) is 0 Å². The second kappa shape index (κ2) is 4.42. The van der Waals surface area contributed by atoms with Crippen LogP contribution in [0.5, 0.6) is 0 Å². The summed E-state index contributed by atoms with van der Waals surface area (Å²) in [6.07, 6.45) is 4.48. The second-order valence-corrected chi connectivity index (χ2v) is 4.49. The minimum atomic E-state index is 0.474. The van der Waals surface area contributed by atoms with Gasteiger partial charge in [0.05, 0.1) is 5.69 Å². The van der Waals surface area contributed by atoms with E-state index in [2.05, 4.69) is 41.3 Å². The fraction of sp³-hybridized carbons (Fsp3) is 0.143. The maximum atomic E-state index is 6.03. The number of aryl methyl sites for hydroxylation is 1. The molecule has 0 amide bonds. The number of aromatic nitrogens is 3. The Balaban J connectivity index is 2.10. The molecule has 0 fully saturated rings.